The molecule has 0 aliphatic carbocycles. The van der Waals surface area contributed by atoms with Gasteiger partial charge >= 0.3 is 0 Å². The third kappa shape index (κ3) is 4.21. The molecule has 0 saturated heterocycles. The van der Waals surface area contributed by atoms with E-state index in [1.807, 2.05) is 50.2 Å². The summed E-state index contributed by atoms with van der Waals surface area (Å²) in [6.07, 6.45) is 0.952. The van der Waals surface area contributed by atoms with Gasteiger partial charge in [-0.1, -0.05) is 24.3 Å². The maximum Gasteiger partial charge on any atom is 0.274 e. The van der Waals surface area contributed by atoms with Crippen molar-refractivity contribution in [1.29, 1.82) is 0 Å². The minimum atomic E-state index is -0.230. The van der Waals surface area contributed by atoms with Crippen LogP contribution in [0.2, 0.25) is 0 Å². The van der Waals surface area contributed by atoms with Gasteiger partial charge in [-0.3, -0.25) is 4.79 Å². The number of fused-ring (bicyclic) bond motifs is 1. The van der Waals surface area contributed by atoms with Crippen molar-refractivity contribution < 1.29 is 4.79 Å². The maximum absolute atomic E-state index is 12.8. The van der Waals surface area contributed by atoms with Crippen LogP contribution >= 0.6 is 0 Å². The van der Waals surface area contributed by atoms with Gasteiger partial charge in [0.1, 0.15) is 5.69 Å². The molecule has 6 heteroatoms. The molecular weight excluding hydrogens is 362 g/mol. The van der Waals surface area contributed by atoms with Crippen molar-refractivity contribution >= 4 is 23.2 Å². The lowest BCUT2D eigenvalue weighted by atomic mass is 10.0. The van der Waals surface area contributed by atoms with Crippen molar-refractivity contribution in [3.05, 3.63) is 77.1 Å². The number of nitrogens with one attached hydrogen (secondary N) is 1. The van der Waals surface area contributed by atoms with Gasteiger partial charge in [0.25, 0.3) is 5.91 Å². The molecule has 1 aromatic heterocycles. The first-order valence-electron chi connectivity index (χ1n) is 9.76. The van der Waals surface area contributed by atoms with E-state index in [9.17, 15) is 4.79 Å². The van der Waals surface area contributed by atoms with Gasteiger partial charge in [0.2, 0.25) is 5.95 Å². The lowest BCUT2D eigenvalue weighted by molar-refractivity contribution is 0.102. The highest BCUT2D eigenvalue weighted by Crippen LogP contribution is 2.23. The zero-order valence-corrected chi connectivity index (χ0v) is 17.0. The van der Waals surface area contributed by atoms with Gasteiger partial charge in [-0.05, 0) is 54.8 Å². The van der Waals surface area contributed by atoms with Crippen molar-refractivity contribution in [2.75, 3.05) is 35.8 Å². The van der Waals surface area contributed by atoms with E-state index in [0.717, 1.165) is 36.6 Å². The Morgan fingerprint density at radius 2 is 1.76 bits per heavy atom. The second kappa shape index (κ2) is 7.91. The predicted octanol–water partition coefficient (Wildman–Crippen LogP) is 3.67. The SMILES string of the molecule is Cc1cc(C(=O)Nc2ccc(N(C)C)cc2)nc(N2CCc3ccccc3C2)n1. The Morgan fingerprint density at radius 1 is 1.03 bits per heavy atom. The summed E-state index contributed by atoms with van der Waals surface area (Å²) >= 11 is 0. The fourth-order valence-electron chi connectivity index (χ4n) is 3.52. The Bertz CT molecular complexity index is 1030. The van der Waals surface area contributed by atoms with Gasteiger partial charge in [-0.25, -0.2) is 9.97 Å². The number of amides is 1. The molecule has 3 aromatic rings. The zero-order valence-electron chi connectivity index (χ0n) is 17.0. The standard InChI is InChI=1S/C23H25N5O/c1-16-14-21(22(29)25-19-8-10-20(11-9-19)27(2)3)26-23(24-16)28-13-12-17-6-4-5-7-18(17)15-28/h4-11,14H,12-13,15H2,1-3H3,(H,25,29). The molecule has 2 aromatic carbocycles. The van der Waals surface area contributed by atoms with Crippen molar-refractivity contribution in [3.63, 3.8) is 0 Å². The van der Waals surface area contributed by atoms with Gasteiger partial charge in [-0.15, -0.1) is 0 Å². The quantitative estimate of drug-likeness (QED) is 0.740. The number of carbonyl (C=O) groups excluding carboxylic acids is 1. The monoisotopic (exact) mass is 387 g/mol. The Hall–Kier alpha value is -3.41. The minimum Gasteiger partial charge on any atom is -0.378 e. The second-order valence-electron chi connectivity index (χ2n) is 7.53. The fraction of sp³-hybridized carbons (Fsp3) is 0.261. The van der Waals surface area contributed by atoms with Gasteiger partial charge in [0.15, 0.2) is 0 Å². The molecule has 0 spiro atoms. The lowest BCUT2D eigenvalue weighted by Crippen LogP contribution is -2.32. The van der Waals surface area contributed by atoms with Crippen molar-refractivity contribution in [2.45, 2.75) is 19.9 Å². The predicted molar refractivity (Wildman–Crippen MR) is 117 cm³/mol. The van der Waals surface area contributed by atoms with Gasteiger partial charge in [0, 0.05) is 44.3 Å². The van der Waals surface area contributed by atoms with E-state index in [0.29, 0.717) is 11.6 Å². The first-order valence-corrected chi connectivity index (χ1v) is 9.76. The fourth-order valence-corrected chi connectivity index (χ4v) is 3.52. The molecule has 4 rings (SSSR count). The maximum atomic E-state index is 12.8. The highest BCUT2D eigenvalue weighted by atomic mass is 16.1. The van der Waals surface area contributed by atoms with Crippen LogP contribution in [0.4, 0.5) is 17.3 Å². The summed E-state index contributed by atoms with van der Waals surface area (Å²) in [5, 5.41) is 2.93. The van der Waals surface area contributed by atoms with Crippen LogP contribution in [0.1, 0.15) is 27.3 Å². The third-order valence-corrected chi connectivity index (χ3v) is 5.13. The van der Waals surface area contributed by atoms with E-state index in [4.69, 9.17) is 0 Å². The van der Waals surface area contributed by atoms with E-state index >= 15 is 0 Å². The highest BCUT2D eigenvalue weighted by molar-refractivity contribution is 6.03. The van der Waals surface area contributed by atoms with Crippen LogP contribution in [0.5, 0.6) is 0 Å². The summed E-state index contributed by atoms with van der Waals surface area (Å²) in [5.74, 6) is 0.374. The average Bonchev–Trinajstić information content (AvgIpc) is 2.73. The molecule has 0 bridgehead atoms. The molecule has 0 radical (unpaired) electrons. The summed E-state index contributed by atoms with van der Waals surface area (Å²) in [4.78, 5) is 26.1. The highest BCUT2D eigenvalue weighted by Gasteiger charge is 2.20. The molecule has 2 heterocycles. The number of rotatable bonds is 4. The molecule has 0 saturated carbocycles. The molecule has 29 heavy (non-hydrogen) atoms. The van der Waals surface area contributed by atoms with Crippen LogP contribution in [0, 0.1) is 6.92 Å². The van der Waals surface area contributed by atoms with Gasteiger partial charge in [0.05, 0.1) is 0 Å². The van der Waals surface area contributed by atoms with Crippen LogP contribution in [-0.2, 0) is 13.0 Å². The van der Waals surface area contributed by atoms with Gasteiger partial charge < -0.3 is 15.1 Å². The van der Waals surface area contributed by atoms with E-state index in [-0.39, 0.29) is 5.91 Å². The molecule has 0 unspecified atom stereocenters. The Kier molecular flexibility index (Phi) is 5.16. The molecule has 1 aliphatic heterocycles. The molecule has 0 fully saturated rings. The van der Waals surface area contributed by atoms with Crippen LogP contribution < -0.4 is 15.1 Å². The van der Waals surface area contributed by atoms with Crippen molar-refractivity contribution in [3.8, 4) is 0 Å². The van der Waals surface area contributed by atoms with Crippen LogP contribution in [-0.4, -0.2) is 36.5 Å². The zero-order chi connectivity index (χ0) is 20.4. The number of carbonyl (C=O) groups is 1. The molecule has 0 atom stereocenters. The third-order valence-electron chi connectivity index (χ3n) is 5.13. The summed E-state index contributed by atoms with van der Waals surface area (Å²) in [6.45, 7) is 3.49. The number of hydrogen-bond donors (Lipinski definition) is 1. The van der Waals surface area contributed by atoms with Crippen LogP contribution in [0.3, 0.4) is 0 Å². The first kappa shape index (κ1) is 18.9. The summed E-state index contributed by atoms with van der Waals surface area (Å²) in [7, 11) is 3.97. The number of benzene rings is 2. The first-order chi connectivity index (χ1) is 14.0. The topological polar surface area (TPSA) is 61.4 Å². The summed E-state index contributed by atoms with van der Waals surface area (Å²) in [6, 6.07) is 17.9. The molecule has 1 N–H and O–H groups in total. The van der Waals surface area contributed by atoms with Gasteiger partial charge in [-0.2, -0.15) is 0 Å². The number of aryl methyl sites for hydroxylation is 1. The largest absolute Gasteiger partial charge is 0.378 e. The Morgan fingerprint density at radius 3 is 2.48 bits per heavy atom. The molecule has 6 nitrogen and oxygen atoms in total. The van der Waals surface area contributed by atoms with E-state index in [1.54, 1.807) is 6.07 Å². The van der Waals surface area contributed by atoms with E-state index in [2.05, 4.69) is 44.5 Å². The van der Waals surface area contributed by atoms with Crippen molar-refractivity contribution in [1.82, 2.24) is 9.97 Å². The van der Waals surface area contributed by atoms with Crippen LogP contribution in [0.25, 0.3) is 0 Å². The van der Waals surface area contributed by atoms with Crippen LogP contribution in [0.15, 0.2) is 54.6 Å². The van der Waals surface area contributed by atoms with Crippen molar-refractivity contribution in [2.24, 2.45) is 0 Å². The molecule has 148 valence electrons. The molecule has 1 aliphatic rings. The average molecular weight is 387 g/mol. The smallest absolute Gasteiger partial charge is 0.274 e. The number of hydrogen-bond acceptors (Lipinski definition) is 5. The minimum absolute atomic E-state index is 0.230. The molecule has 1 amide bonds. The second-order valence-corrected chi connectivity index (χ2v) is 7.53. The summed E-state index contributed by atoms with van der Waals surface area (Å²) < 4.78 is 0. The number of nitrogens with zero attached hydrogens (tertiary/aromatic N) is 4. The van der Waals surface area contributed by atoms with E-state index < -0.39 is 0 Å². The number of anilines is 3. The Labute approximate surface area is 171 Å². The summed E-state index contributed by atoms with van der Waals surface area (Å²) in [5.41, 5.74) is 5.63. The number of aromatic nitrogens is 2. The molecular formula is C23H25N5O. The lowest BCUT2D eigenvalue weighted by Gasteiger charge is -2.29. The van der Waals surface area contributed by atoms with E-state index in [1.165, 1.54) is 11.1 Å². The Balaban J connectivity index is 1.53. The normalized spacial score (nSPS) is 13.0.